The van der Waals surface area contributed by atoms with Gasteiger partial charge in [-0.3, -0.25) is 0 Å². The van der Waals surface area contributed by atoms with E-state index in [4.69, 9.17) is 0 Å². The highest BCUT2D eigenvalue weighted by Gasteiger charge is 2.22. The first kappa shape index (κ1) is 22.7. The van der Waals surface area contributed by atoms with Crippen molar-refractivity contribution in [2.75, 3.05) is 0 Å². The fourth-order valence-corrected chi connectivity index (χ4v) is 8.12. The summed E-state index contributed by atoms with van der Waals surface area (Å²) in [5, 5.41) is 0. The standard InChI is InChI=1S/C24H27F5Si/c1-2-9-30-10-7-16(8-11-30)3-4-17-5-6-19(20(26)12-17)18-13-21(27)24(22(28)14-18)23(29)15-25/h5-6,12-16,30H,2-4,7-11H2,1H3/b23-15-. The van der Waals surface area contributed by atoms with E-state index < -0.39 is 44.0 Å². The fraction of sp³-hybridized carbons (Fsp3) is 0.417. The summed E-state index contributed by atoms with van der Waals surface area (Å²) in [5.74, 6) is -4.08. The van der Waals surface area contributed by atoms with Gasteiger partial charge < -0.3 is 0 Å². The van der Waals surface area contributed by atoms with Crippen LogP contribution in [0.2, 0.25) is 18.1 Å². The van der Waals surface area contributed by atoms with Gasteiger partial charge in [0.15, 0.2) is 5.83 Å². The molecule has 162 valence electrons. The first-order valence-corrected chi connectivity index (χ1v) is 13.1. The predicted molar refractivity (Wildman–Crippen MR) is 115 cm³/mol. The van der Waals surface area contributed by atoms with Crippen LogP contribution in [0.4, 0.5) is 22.0 Å². The lowest BCUT2D eigenvalue weighted by Crippen LogP contribution is -2.21. The molecule has 0 atom stereocenters. The van der Waals surface area contributed by atoms with E-state index in [1.807, 2.05) is 0 Å². The largest absolute Gasteiger partial charge is 0.212 e. The first-order valence-electron chi connectivity index (χ1n) is 10.7. The lowest BCUT2D eigenvalue weighted by molar-refractivity contribution is 0.437. The second kappa shape index (κ2) is 10.4. The van der Waals surface area contributed by atoms with Gasteiger partial charge in [-0.2, -0.15) is 0 Å². The lowest BCUT2D eigenvalue weighted by Gasteiger charge is -2.27. The summed E-state index contributed by atoms with van der Waals surface area (Å²) in [6.07, 6.45) is 5.16. The summed E-state index contributed by atoms with van der Waals surface area (Å²) in [4.78, 5) is 0. The summed E-state index contributed by atoms with van der Waals surface area (Å²) < 4.78 is 68.3. The Labute approximate surface area is 176 Å². The SMILES string of the molecule is CCC[SiH]1CCC(CCc2ccc(-c3cc(F)c(/C(F)=C/F)c(F)c3)c(F)c2)CC1. The highest BCUT2D eigenvalue weighted by Crippen LogP contribution is 2.33. The minimum atomic E-state index is -1.64. The summed E-state index contributed by atoms with van der Waals surface area (Å²) in [5.41, 5.74) is -0.259. The van der Waals surface area contributed by atoms with Crippen LogP contribution in [-0.2, 0) is 6.42 Å². The quantitative estimate of drug-likeness (QED) is 0.304. The van der Waals surface area contributed by atoms with Crippen molar-refractivity contribution in [3.8, 4) is 11.1 Å². The fourth-order valence-electron chi connectivity index (χ4n) is 4.55. The van der Waals surface area contributed by atoms with E-state index >= 15 is 0 Å². The minimum Gasteiger partial charge on any atom is -0.212 e. The van der Waals surface area contributed by atoms with E-state index in [9.17, 15) is 22.0 Å². The zero-order valence-electron chi connectivity index (χ0n) is 17.2. The molecule has 0 saturated carbocycles. The molecule has 0 bridgehead atoms. The van der Waals surface area contributed by atoms with Crippen molar-refractivity contribution >= 4 is 14.6 Å². The molecule has 1 saturated heterocycles. The van der Waals surface area contributed by atoms with Crippen molar-refractivity contribution in [1.82, 2.24) is 0 Å². The molecule has 1 fully saturated rings. The number of halogens is 5. The van der Waals surface area contributed by atoms with Gasteiger partial charge in [0.2, 0.25) is 0 Å². The third-order valence-electron chi connectivity index (χ3n) is 6.23. The summed E-state index contributed by atoms with van der Waals surface area (Å²) in [6.45, 7) is 2.26. The molecule has 6 heteroatoms. The number of rotatable bonds is 7. The molecule has 0 N–H and O–H groups in total. The number of hydrogen-bond donors (Lipinski definition) is 0. The van der Waals surface area contributed by atoms with Crippen molar-refractivity contribution in [2.24, 2.45) is 5.92 Å². The van der Waals surface area contributed by atoms with Crippen LogP contribution < -0.4 is 0 Å². The topological polar surface area (TPSA) is 0 Å². The molecular formula is C24H27F5Si. The van der Waals surface area contributed by atoms with Crippen LogP contribution in [0.1, 0.15) is 43.7 Å². The van der Waals surface area contributed by atoms with Crippen molar-refractivity contribution in [3.05, 3.63) is 65.2 Å². The van der Waals surface area contributed by atoms with Crippen molar-refractivity contribution < 1.29 is 22.0 Å². The smallest absolute Gasteiger partial charge is 0.164 e. The lowest BCUT2D eigenvalue weighted by atomic mass is 9.93. The summed E-state index contributed by atoms with van der Waals surface area (Å²) in [6, 6.07) is 10.6. The van der Waals surface area contributed by atoms with E-state index in [-0.39, 0.29) is 11.1 Å². The Morgan fingerprint density at radius 1 is 1.03 bits per heavy atom. The van der Waals surface area contributed by atoms with E-state index in [0.29, 0.717) is 5.92 Å². The third-order valence-corrected chi connectivity index (χ3v) is 9.92. The van der Waals surface area contributed by atoms with Gasteiger partial charge in [-0.05, 0) is 48.1 Å². The van der Waals surface area contributed by atoms with Gasteiger partial charge >= 0.3 is 0 Å². The Balaban J connectivity index is 1.67. The van der Waals surface area contributed by atoms with Gasteiger partial charge in [-0.25, -0.2) is 22.0 Å². The molecular weight excluding hydrogens is 411 g/mol. The summed E-state index contributed by atoms with van der Waals surface area (Å²) in [7, 11) is -0.503. The van der Waals surface area contributed by atoms with Crippen molar-refractivity contribution in [2.45, 2.75) is 57.2 Å². The van der Waals surface area contributed by atoms with Crippen LogP contribution in [0.15, 0.2) is 36.7 Å². The Kier molecular flexibility index (Phi) is 7.86. The number of hydrogen-bond acceptors (Lipinski definition) is 0. The van der Waals surface area contributed by atoms with Gasteiger partial charge in [0, 0.05) is 14.4 Å². The zero-order chi connectivity index (χ0) is 21.7. The average Bonchev–Trinajstić information content (AvgIpc) is 2.72. The van der Waals surface area contributed by atoms with E-state index in [1.54, 1.807) is 6.07 Å². The maximum absolute atomic E-state index is 14.6. The molecule has 0 amide bonds. The monoisotopic (exact) mass is 438 g/mol. The Bertz CT molecular complexity index is 877. The van der Waals surface area contributed by atoms with E-state index in [2.05, 4.69) is 6.92 Å². The van der Waals surface area contributed by atoms with Crippen molar-refractivity contribution in [1.29, 1.82) is 0 Å². The molecule has 1 aliphatic rings. The van der Waals surface area contributed by atoms with Gasteiger partial charge in [0.25, 0.3) is 0 Å². The second-order valence-corrected chi connectivity index (χ2v) is 11.8. The molecule has 1 aliphatic heterocycles. The molecule has 0 spiro atoms. The normalized spacial score (nSPS) is 19.9. The molecule has 3 rings (SSSR count). The van der Waals surface area contributed by atoms with Crippen LogP contribution in [0.25, 0.3) is 17.0 Å². The maximum atomic E-state index is 14.6. The number of aryl methyl sites for hydroxylation is 1. The molecule has 1 heterocycles. The Morgan fingerprint density at radius 2 is 1.70 bits per heavy atom. The zero-order valence-corrected chi connectivity index (χ0v) is 18.3. The van der Waals surface area contributed by atoms with Crippen LogP contribution >= 0.6 is 0 Å². The Morgan fingerprint density at radius 3 is 2.27 bits per heavy atom. The van der Waals surface area contributed by atoms with Gasteiger partial charge in [-0.1, -0.05) is 56.5 Å². The summed E-state index contributed by atoms with van der Waals surface area (Å²) >= 11 is 0. The predicted octanol–water partition coefficient (Wildman–Crippen LogP) is 7.99. The second-order valence-electron chi connectivity index (χ2n) is 8.30. The average molecular weight is 439 g/mol. The van der Waals surface area contributed by atoms with Crippen LogP contribution in [-0.4, -0.2) is 8.80 Å². The van der Waals surface area contributed by atoms with E-state index in [0.717, 1.165) is 30.5 Å². The van der Waals surface area contributed by atoms with Gasteiger partial charge in [0.1, 0.15) is 23.8 Å². The highest BCUT2D eigenvalue weighted by molar-refractivity contribution is 6.58. The van der Waals surface area contributed by atoms with Crippen LogP contribution in [0, 0.1) is 23.4 Å². The maximum Gasteiger partial charge on any atom is 0.164 e. The Hall–Kier alpha value is -1.95. The molecule has 30 heavy (non-hydrogen) atoms. The van der Waals surface area contributed by atoms with Crippen molar-refractivity contribution in [3.63, 3.8) is 0 Å². The third kappa shape index (κ3) is 5.39. The molecule has 0 radical (unpaired) electrons. The van der Waals surface area contributed by atoms with E-state index in [1.165, 1.54) is 49.5 Å². The number of benzene rings is 2. The molecule has 2 aromatic carbocycles. The molecule has 2 aromatic rings. The van der Waals surface area contributed by atoms with Gasteiger partial charge in [0.05, 0.1) is 5.56 Å². The molecule has 0 unspecified atom stereocenters. The van der Waals surface area contributed by atoms with Crippen LogP contribution in [0.3, 0.4) is 0 Å². The first-order chi connectivity index (χ1) is 14.4. The molecule has 0 nitrogen and oxygen atoms in total. The van der Waals surface area contributed by atoms with Gasteiger partial charge in [-0.15, -0.1) is 0 Å². The van der Waals surface area contributed by atoms with Crippen LogP contribution in [0.5, 0.6) is 0 Å². The highest BCUT2D eigenvalue weighted by atomic mass is 28.3. The molecule has 0 aliphatic carbocycles. The molecule has 0 aromatic heterocycles. The minimum absolute atomic E-state index is 0.0267.